The number of nitrogens with one attached hydrogen (secondary N) is 1. The number of ether oxygens (including phenoxy) is 1. The van der Waals surface area contributed by atoms with Crippen molar-refractivity contribution in [2.75, 3.05) is 12.4 Å². The molecule has 30 heavy (non-hydrogen) atoms. The van der Waals surface area contributed by atoms with E-state index in [-0.39, 0.29) is 11.7 Å². The van der Waals surface area contributed by atoms with Crippen LogP contribution in [-0.2, 0) is 0 Å². The van der Waals surface area contributed by atoms with Crippen LogP contribution in [0, 0.1) is 5.82 Å². The van der Waals surface area contributed by atoms with Crippen LogP contribution >= 0.6 is 23.2 Å². The third kappa shape index (κ3) is 4.40. The first-order valence-corrected chi connectivity index (χ1v) is 9.74. The number of halogens is 3. The predicted octanol–water partition coefficient (Wildman–Crippen LogP) is 6.39. The minimum absolute atomic E-state index is 0.220. The average Bonchev–Trinajstić information content (AvgIpc) is 3.23. The van der Waals surface area contributed by atoms with Crippen LogP contribution in [0.15, 0.2) is 71.1 Å². The molecule has 0 spiro atoms. The first-order valence-electron chi connectivity index (χ1n) is 8.98. The lowest BCUT2D eigenvalue weighted by molar-refractivity contribution is 0.415. The lowest BCUT2D eigenvalue weighted by Gasteiger charge is -2.18. The standard InChI is InChI=1S/C22H16Cl2FN3O2/c1-29-19-10-9-17(12-18(19)24)26-20(13-5-7-15(23)8-6-13)22-28-27-21(30-22)14-3-2-4-16(25)11-14/h2-12,20,26H,1H3/t20-/m0/s1. The van der Waals surface area contributed by atoms with Gasteiger partial charge < -0.3 is 14.5 Å². The van der Waals surface area contributed by atoms with Crippen LogP contribution in [0.1, 0.15) is 17.5 Å². The number of hydrogen-bond donors (Lipinski definition) is 1. The maximum absolute atomic E-state index is 13.6. The second-order valence-electron chi connectivity index (χ2n) is 6.43. The third-order valence-electron chi connectivity index (χ3n) is 4.43. The second-order valence-corrected chi connectivity index (χ2v) is 7.28. The summed E-state index contributed by atoms with van der Waals surface area (Å²) in [5, 5.41) is 12.7. The summed E-state index contributed by atoms with van der Waals surface area (Å²) in [6.07, 6.45) is 0. The fourth-order valence-corrected chi connectivity index (χ4v) is 3.34. The van der Waals surface area contributed by atoms with Crippen LogP contribution in [0.4, 0.5) is 10.1 Å². The average molecular weight is 444 g/mol. The van der Waals surface area contributed by atoms with E-state index in [1.54, 1.807) is 43.5 Å². The van der Waals surface area contributed by atoms with Gasteiger partial charge in [-0.3, -0.25) is 0 Å². The van der Waals surface area contributed by atoms with Crippen LogP contribution < -0.4 is 10.1 Å². The van der Waals surface area contributed by atoms with E-state index in [4.69, 9.17) is 32.4 Å². The Kier molecular flexibility index (Phi) is 5.88. The van der Waals surface area contributed by atoms with Gasteiger partial charge in [0.05, 0.1) is 12.1 Å². The highest BCUT2D eigenvalue weighted by molar-refractivity contribution is 6.32. The van der Waals surface area contributed by atoms with Gasteiger partial charge in [0.1, 0.15) is 17.6 Å². The molecule has 0 amide bonds. The zero-order valence-electron chi connectivity index (χ0n) is 15.8. The molecule has 0 fully saturated rings. The molecule has 1 aromatic heterocycles. The Morgan fingerprint density at radius 1 is 1.00 bits per heavy atom. The second kappa shape index (κ2) is 8.73. The summed E-state index contributed by atoms with van der Waals surface area (Å²) in [6, 6.07) is 18.1. The molecule has 0 aliphatic carbocycles. The van der Waals surface area contributed by atoms with E-state index in [9.17, 15) is 4.39 Å². The zero-order chi connectivity index (χ0) is 21.1. The van der Waals surface area contributed by atoms with E-state index in [1.807, 2.05) is 18.2 Å². The Hall–Kier alpha value is -3.09. The molecule has 3 aromatic carbocycles. The number of nitrogens with zero attached hydrogens (tertiary/aromatic N) is 2. The fraction of sp³-hybridized carbons (Fsp3) is 0.0909. The fourth-order valence-electron chi connectivity index (χ4n) is 2.96. The van der Waals surface area contributed by atoms with Gasteiger partial charge in [-0.2, -0.15) is 0 Å². The van der Waals surface area contributed by atoms with Gasteiger partial charge in [-0.05, 0) is 54.1 Å². The van der Waals surface area contributed by atoms with Crippen molar-refractivity contribution >= 4 is 28.9 Å². The Labute approximate surface area is 182 Å². The molecule has 0 aliphatic rings. The molecule has 8 heteroatoms. The van der Waals surface area contributed by atoms with Gasteiger partial charge in [0, 0.05) is 16.3 Å². The third-order valence-corrected chi connectivity index (χ3v) is 4.97. The summed E-state index contributed by atoms with van der Waals surface area (Å²) in [5.41, 5.74) is 2.07. The van der Waals surface area contributed by atoms with E-state index in [0.29, 0.717) is 27.2 Å². The quantitative estimate of drug-likeness (QED) is 0.373. The maximum atomic E-state index is 13.6. The summed E-state index contributed by atoms with van der Waals surface area (Å²) in [7, 11) is 1.55. The molecule has 0 aliphatic heterocycles. The summed E-state index contributed by atoms with van der Waals surface area (Å²) >= 11 is 12.3. The molecule has 0 bridgehead atoms. The number of anilines is 1. The Morgan fingerprint density at radius 2 is 1.80 bits per heavy atom. The van der Waals surface area contributed by atoms with Crippen molar-refractivity contribution in [2.24, 2.45) is 0 Å². The largest absolute Gasteiger partial charge is 0.495 e. The van der Waals surface area contributed by atoms with Gasteiger partial charge in [-0.15, -0.1) is 10.2 Å². The molecule has 1 atom stereocenters. The van der Waals surface area contributed by atoms with Crippen molar-refractivity contribution in [3.05, 3.63) is 94.0 Å². The van der Waals surface area contributed by atoms with E-state index < -0.39 is 6.04 Å². The molecule has 0 radical (unpaired) electrons. The van der Waals surface area contributed by atoms with Crippen LogP contribution in [-0.4, -0.2) is 17.3 Å². The van der Waals surface area contributed by atoms with E-state index >= 15 is 0 Å². The van der Waals surface area contributed by atoms with Crippen molar-refractivity contribution in [1.29, 1.82) is 0 Å². The van der Waals surface area contributed by atoms with Crippen LogP contribution in [0.25, 0.3) is 11.5 Å². The van der Waals surface area contributed by atoms with Crippen molar-refractivity contribution in [3.8, 4) is 17.2 Å². The maximum Gasteiger partial charge on any atom is 0.247 e. The lowest BCUT2D eigenvalue weighted by atomic mass is 10.1. The molecule has 0 saturated carbocycles. The van der Waals surface area contributed by atoms with E-state index in [2.05, 4.69) is 15.5 Å². The summed E-state index contributed by atoms with van der Waals surface area (Å²) in [4.78, 5) is 0. The predicted molar refractivity (Wildman–Crippen MR) is 115 cm³/mol. The molecule has 0 saturated heterocycles. The van der Waals surface area contributed by atoms with Crippen LogP contribution in [0.5, 0.6) is 5.75 Å². The minimum atomic E-state index is -0.485. The number of aromatic nitrogens is 2. The first-order chi connectivity index (χ1) is 14.5. The Bertz CT molecular complexity index is 1170. The smallest absolute Gasteiger partial charge is 0.247 e. The van der Waals surface area contributed by atoms with Crippen molar-refractivity contribution in [2.45, 2.75) is 6.04 Å². The van der Waals surface area contributed by atoms with E-state index in [1.165, 1.54) is 12.1 Å². The van der Waals surface area contributed by atoms with Crippen molar-refractivity contribution in [3.63, 3.8) is 0 Å². The number of benzene rings is 3. The molecular formula is C22H16Cl2FN3O2. The molecular weight excluding hydrogens is 428 g/mol. The Morgan fingerprint density at radius 3 is 2.50 bits per heavy atom. The zero-order valence-corrected chi connectivity index (χ0v) is 17.3. The molecule has 0 unspecified atom stereocenters. The van der Waals surface area contributed by atoms with E-state index in [0.717, 1.165) is 11.3 Å². The van der Waals surface area contributed by atoms with Crippen molar-refractivity contribution in [1.82, 2.24) is 10.2 Å². The van der Waals surface area contributed by atoms with Gasteiger partial charge in [0.25, 0.3) is 0 Å². The Balaban J connectivity index is 1.71. The van der Waals surface area contributed by atoms with Crippen LogP contribution in [0.2, 0.25) is 10.0 Å². The number of hydrogen-bond acceptors (Lipinski definition) is 5. The summed E-state index contributed by atoms with van der Waals surface area (Å²) in [5.74, 6) is 0.713. The molecule has 1 heterocycles. The highest BCUT2D eigenvalue weighted by Gasteiger charge is 2.22. The molecule has 5 nitrogen and oxygen atoms in total. The topological polar surface area (TPSA) is 60.2 Å². The summed E-state index contributed by atoms with van der Waals surface area (Å²) in [6.45, 7) is 0. The van der Waals surface area contributed by atoms with Crippen molar-refractivity contribution < 1.29 is 13.5 Å². The molecule has 4 rings (SSSR count). The summed E-state index contributed by atoms with van der Waals surface area (Å²) < 4.78 is 24.7. The number of methoxy groups -OCH3 is 1. The molecule has 152 valence electrons. The SMILES string of the molecule is COc1ccc(N[C@@H](c2ccc(Cl)cc2)c2nnc(-c3cccc(F)c3)o2)cc1Cl. The van der Waals surface area contributed by atoms with Gasteiger partial charge >= 0.3 is 0 Å². The number of rotatable bonds is 6. The minimum Gasteiger partial charge on any atom is -0.495 e. The first kappa shape index (κ1) is 20.2. The lowest BCUT2D eigenvalue weighted by Crippen LogP contribution is -2.13. The normalized spacial score (nSPS) is 11.9. The highest BCUT2D eigenvalue weighted by atomic mass is 35.5. The van der Waals surface area contributed by atoms with Gasteiger partial charge in [0.15, 0.2) is 0 Å². The van der Waals surface area contributed by atoms with Gasteiger partial charge in [0.2, 0.25) is 11.8 Å². The molecule has 4 aromatic rings. The van der Waals surface area contributed by atoms with Gasteiger partial charge in [-0.25, -0.2) is 4.39 Å². The highest BCUT2D eigenvalue weighted by Crippen LogP contribution is 2.32. The van der Waals surface area contributed by atoms with Crippen LogP contribution in [0.3, 0.4) is 0 Å². The molecule has 1 N–H and O–H groups in total. The monoisotopic (exact) mass is 443 g/mol. The van der Waals surface area contributed by atoms with Gasteiger partial charge in [-0.1, -0.05) is 41.4 Å².